The first-order chi connectivity index (χ1) is 21.8. The number of aryl methyl sites for hydroxylation is 1. The molecule has 7 rings (SSSR count). The largest absolute Gasteiger partial charge is 0.392 e. The van der Waals surface area contributed by atoms with Crippen LogP contribution in [0.3, 0.4) is 0 Å². The first-order valence-electron chi connectivity index (χ1n) is 16.0. The summed E-state index contributed by atoms with van der Waals surface area (Å²) >= 11 is 0. The van der Waals surface area contributed by atoms with E-state index in [1.54, 1.807) is 24.5 Å². The zero-order valence-corrected chi connectivity index (χ0v) is 26.8. The van der Waals surface area contributed by atoms with Crippen LogP contribution >= 0.6 is 0 Å². The molecule has 3 aromatic carbocycles. The maximum Gasteiger partial charge on any atom is 0.269 e. The first-order valence-corrected chi connectivity index (χ1v) is 17.4. The molecule has 8 heteroatoms. The summed E-state index contributed by atoms with van der Waals surface area (Å²) in [6.45, 7) is 9.67. The molecule has 0 saturated carbocycles. The maximum atomic E-state index is 14.0. The Morgan fingerprint density at radius 1 is 0.889 bits per heavy atom. The molecular formula is C37H40N4O3S. The van der Waals surface area contributed by atoms with E-state index in [1.165, 1.54) is 20.7 Å². The van der Waals surface area contributed by atoms with Gasteiger partial charge in [-0.1, -0.05) is 67.1 Å². The molecule has 7 nitrogen and oxygen atoms in total. The zero-order chi connectivity index (χ0) is 31.1. The number of aliphatic hydroxyl groups is 1. The van der Waals surface area contributed by atoms with Crippen molar-refractivity contribution in [3.8, 4) is 22.3 Å². The zero-order valence-electron chi connectivity index (χ0n) is 26.0. The van der Waals surface area contributed by atoms with Crippen LogP contribution in [-0.4, -0.2) is 64.6 Å². The number of fused-ring (bicyclic) bond motifs is 2. The van der Waals surface area contributed by atoms with Crippen LogP contribution in [0.4, 0.5) is 0 Å². The van der Waals surface area contributed by atoms with Gasteiger partial charge < -0.3 is 5.11 Å². The van der Waals surface area contributed by atoms with E-state index >= 15 is 0 Å². The van der Waals surface area contributed by atoms with Gasteiger partial charge in [-0.05, 0) is 85.3 Å². The summed E-state index contributed by atoms with van der Waals surface area (Å²) < 4.78 is 29.3. The van der Waals surface area contributed by atoms with E-state index in [0.717, 1.165) is 85.2 Å². The fourth-order valence-corrected chi connectivity index (χ4v) is 8.08. The number of nitrogens with zero attached hydrogens (tertiary/aromatic N) is 4. The molecule has 0 bridgehead atoms. The van der Waals surface area contributed by atoms with Crippen molar-refractivity contribution in [1.82, 2.24) is 18.8 Å². The monoisotopic (exact) mass is 620 g/mol. The Morgan fingerprint density at radius 3 is 2.42 bits per heavy atom. The fourth-order valence-electron chi connectivity index (χ4n) is 6.76. The Balaban J connectivity index is 1.29. The van der Waals surface area contributed by atoms with Crippen LogP contribution in [0.25, 0.3) is 33.3 Å². The van der Waals surface area contributed by atoms with Gasteiger partial charge in [0.05, 0.1) is 11.0 Å². The van der Waals surface area contributed by atoms with Crippen LogP contribution < -0.4 is 0 Å². The van der Waals surface area contributed by atoms with Crippen LogP contribution in [0.1, 0.15) is 42.0 Å². The van der Waals surface area contributed by atoms with Crippen molar-refractivity contribution in [3.05, 3.63) is 107 Å². The lowest BCUT2D eigenvalue weighted by Crippen LogP contribution is -2.37. The number of benzene rings is 3. The number of pyridine rings is 1. The molecule has 0 radical (unpaired) electrons. The molecule has 2 aliphatic rings. The Morgan fingerprint density at radius 2 is 1.67 bits per heavy atom. The van der Waals surface area contributed by atoms with E-state index in [9.17, 15) is 13.5 Å². The average Bonchev–Trinajstić information content (AvgIpc) is 3.45. The number of hydrogen-bond acceptors (Lipinski definition) is 6. The molecule has 1 atom stereocenters. The minimum absolute atomic E-state index is 0.240. The second-order valence-electron chi connectivity index (χ2n) is 12.6. The van der Waals surface area contributed by atoms with Gasteiger partial charge >= 0.3 is 0 Å². The van der Waals surface area contributed by atoms with Crippen LogP contribution in [-0.2, 0) is 29.5 Å². The van der Waals surface area contributed by atoms with Gasteiger partial charge in [0.25, 0.3) is 10.0 Å². The standard InChI is InChI=1S/C37H40N4O3S/c1-3-39-18-16-29-19-30(12-13-31(29)23-39)36-25-41(45(43,44)34-14-6-26(2)7-15-34)37-35(36)20-32(21-38-37)28-10-8-27(9-11-28)22-40-17-4-5-33(42)24-40/h6-15,19-21,25,33,42H,3-5,16-18,22-24H2,1-2H3. The highest BCUT2D eigenvalue weighted by atomic mass is 32.2. The molecule has 1 fully saturated rings. The van der Waals surface area contributed by atoms with Crippen LogP contribution in [0.15, 0.2) is 90.1 Å². The smallest absolute Gasteiger partial charge is 0.269 e. The van der Waals surface area contributed by atoms with Gasteiger partial charge in [0.2, 0.25) is 0 Å². The van der Waals surface area contributed by atoms with E-state index in [0.29, 0.717) is 12.2 Å². The Hall–Kier alpha value is -3.82. The van der Waals surface area contributed by atoms with Crippen molar-refractivity contribution in [1.29, 1.82) is 0 Å². The summed E-state index contributed by atoms with van der Waals surface area (Å²) in [6, 6.07) is 24.1. The first kappa shape index (κ1) is 29.9. The van der Waals surface area contributed by atoms with Crippen LogP contribution in [0, 0.1) is 6.92 Å². The van der Waals surface area contributed by atoms with Crippen LogP contribution in [0.2, 0.25) is 0 Å². The Kier molecular flexibility index (Phi) is 8.08. The third-order valence-corrected chi connectivity index (χ3v) is 11.1. The highest BCUT2D eigenvalue weighted by Gasteiger charge is 2.25. The van der Waals surface area contributed by atoms with E-state index in [-0.39, 0.29) is 11.0 Å². The highest BCUT2D eigenvalue weighted by molar-refractivity contribution is 7.90. The van der Waals surface area contributed by atoms with Gasteiger partial charge in [-0.25, -0.2) is 17.4 Å². The van der Waals surface area contributed by atoms with Gasteiger partial charge in [0, 0.05) is 55.1 Å². The maximum absolute atomic E-state index is 14.0. The number of likely N-dealkylation sites (N-methyl/N-ethyl adjacent to an activating group) is 1. The third-order valence-electron chi connectivity index (χ3n) is 9.42. The molecule has 1 N–H and O–H groups in total. The molecule has 4 heterocycles. The normalized spacial score (nSPS) is 17.9. The lowest BCUT2D eigenvalue weighted by Gasteiger charge is -2.29. The van der Waals surface area contributed by atoms with Crippen molar-refractivity contribution in [2.24, 2.45) is 0 Å². The lowest BCUT2D eigenvalue weighted by molar-refractivity contribution is 0.0668. The molecule has 232 valence electrons. The molecule has 45 heavy (non-hydrogen) atoms. The number of hydrogen-bond donors (Lipinski definition) is 1. The average molecular weight is 621 g/mol. The van der Waals surface area contributed by atoms with E-state index in [4.69, 9.17) is 4.98 Å². The molecule has 2 aromatic heterocycles. The topological polar surface area (TPSA) is 78.7 Å². The third kappa shape index (κ3) is 5.95. The number of rotatable bonds is 7. The summed E-state index contributed by atoms with van der Waals surface area (Å²) in [7, 11) is -3.87. The minimum atomic E-state index is -3.87. The molecule has 1 unspecified atom stereocenters. The summed E-state index contributed by atoms with van der Waals surface area (Å²) in [6.07, 6.45) is 6.15. The molecule has 2 aliphatic heterocycles. The molecular weight excluding hydrogens is 580 g/mol. The summed E-state index contributed by atoms with van der Waals surface area (Å²) in [5.41, 5.74) is 9.10. The fraction of sp³-hybridized carbons (Fsp3) is 0.324. The van der Waals surface area contributed by atoms with Gasteiger partial charge in [-0.2, -0.15) is 0 Å². The molecule has 5 aromatic rings. The van der Waals surface area contributed by atoms with E-state index in [2.05, 4.69) is 65.3 Å². The van der Waals surface area contributed by atoms with E-state index < -0.39 is 10.0 Å². The van der Waals surface area contributed by atoms with Gasteiger partial charge in [-0.3, -0.25) is 9.80 Å². The number of β-amino-alcohol motifs (C(OH)–C–C–N with tert-alkyl or cyclic N) is 1. The predicted octanol–water partition coefficient (Wildman–Crippen LogP) is 6.25. The molecule has 0 spiro atoms. The van der Waals surface area contributed by atoms with Crippen LogP contribution in [0.5, 0.6) is 0 Å². The summed E-state index contributed by atoms with van der Waals surface area (Å²) in [5.74, 6) is 0. The molecule has 0 amide bonds. The minimum Gasteiger partial charge on any atom is -0.392 e. The highest BCUT2D eigenvalue weighted by Crippen LogP contribution is 2.36. The number of likely N-dealkylation sites (tertiary alicyclic amines) is 1. The summed E-state index contributed by atoms with van der Waals surface area (Å²) in [4.78, 5) is 9.78. The van der Waals surface area contributed by atoms with Crippen molar-refractivity contribution in [3.63, 3.8) is 0 Å². The number of piperidine rings is 1. The van der Waals surface area contributed by atoms with Crippen molar-refractivity contribution in [2.75, 3.05) is 26.2 Å². The SMILES string of the molecule is CCN1CCc2cc(-c3cn(S(=O)(=O)c4ccc(C)cc4)c4ncc(-c5ccc(CN6CCCC(O)C6)cc5)cc34)ccc2C1. The summed E-state index contributed by atoms with van der Waals surface area (Å²) in [5, 5.41) is 10.9. The quantitative estimate of drug-likeness (QED) is 0.232. The number of aromatic nitrogens is 2. The Labute approximate surface area is 265 Å². The second-order valence-corrected chi connectivity index (χ2v) is 14.4. The molecule has 1 saturated heterocycles. The van der Waals surface area contributed by atoms with Gasteiger partial charge in [0.1, 0.15) is 0 Å². The van der Waals surface area contributed by atoms with Crippen molar-refractivity contribution >= 4 is 21.1 Å². The second kappa shape index (κ2) is 12.2. The molecule has 0 aliphatic carbocycles. The van der Waals surface area contributed by atoms with E-state index in [1.807, 2.05) is 19.1 Å². The lowest BCUT2D eigenvalue weighted by atomic mass is 9.94. The predicted molar refractivity (Wildman–Crippen MR) is 180 cm³/mol. The van der Waals surface area contributed by atoms with Crippen molar-refractivity contribution < 1.29 is 13.5 Å². The number of aliphatic hydroxyl groups excluding tert-OH is 1. The van der Waals surface area contributed by atoms with Gasteiger partial charge in [-0.15, -0.1) is 0 Å². The van der Waals surface area contributed by atoms with Gasteiger partial charge in [0.15, 0.2) is 5.65 Å². The van der Waals surface area contributed by atoms with Crippen molar-refractivity contribution in [2.45, 2.75) is 57.2 Å². The Bertz CT molecular complexity index is 1950.